The molecule has 0 aromatic heterocycles. The molecule has 1 heterocycles. The van der Waals surface area contributed by atoms with E-state index in [-0.39, 0.29) is 11.6 Å². The zero-order valence-corrected chi connectivity index (χ0v) is 11.6. The summed E-state index contributed by atoms with van der Waals surface area (Å²) in [5.74, 6) is -0.357. The van der Waals surface area contributed by atoms with Crippen molar-refractivity contribution in [1.82, 2.24) is 4.90 Å². The SMILES string of the molecule is CCCC1CCN(C(=O)Nc2ccc(C(=O)O)cc2)C1. The molecule has 1 aromatic rings. The van der Waals surface area contributed by atoms with Crippen molar-refractivity contribution >= 4 is 17.7 Å². The average molecular weight is 276 g/mol. The smallest absolute Gasteiger partial charge is 0.335 e. The van der Waals surface area contributed by atoms with Crippen LogP contribution in [0.5, 0.6) is 0 Å². The van der Waals surface area contributed by atoms with Crippen molar-refractivity contribution in [3.8, 4) is 0 Å². The fraction of sp³-hybridized carbons (Fsp3) is 0.467. The number of rotatable bonds is 4. The van der Waals surface area contributed by atoms with Crippen LogP contribution in [0.25, 0.3) is 0 Å². The first-order chi connectivity index (χ1) is 9.60. The summed E-state index contributed by atoms with van der Waals surface area (Å²) in [6.07, 6.45) is 3.38. The topological polar surface area (TPSA) is 69.6 Å². The van der Waals surface area contributed by atoms with Crippen LogP contribution in [0.3, 0.4) is 0 Å². The summed E-state index contributed by atoms with van der Waals surface area (Å²) < 4.78 is 0. The highest BCUT2D eigenvalue weighted by Gasteiger charge is 2.25. The van der Waals surface area contributed by atoms with Crippen LogP contribution >= 0.6 is 0 Å². The van der Waals surface area contributed by atoms with Gasteiger partial charge in [0.15, 0.2) is 0 Å². The summed E-state index contributed by atoms with van der Waals surface area (Å²) in [6, 6.07) is 6.10. The van der Waals surface area contributed by atoms with Crippen LogP contribution in [0.15, 0.2) is 24.3 Å². The fourth-order valence-corrected chi connectivity index (χ4v) is 2.56. The molecule has 20 heavy (non-hydrogen) atoms. The van der Waals surface area contributed by atoms with E-state index in [4.69, 9.17) is 5.11 Å². The highest BCUT2D eigenvalue weighted by Crippen LogP contribution is 2.21. The molecule has 1 aromatic carbocycles. The molecule has 0 saturated carbocycles. The molecule has 108 valence electrons. The molecule has 1 aliphatic rings. The van der Waals surface area contributed by atoms with Gasteiger partial charge in [0.05, 0.1) is 5.56 Å². The third-order valence-electron chi connectivity index (χ3n) is 3.65. The van der Waals surface area contributed by atoms with Gasteiger partial charge in [0.2, 0.25) is 0 Å². The van der Waals surface area contributed by atoms with Gasteiger partial charge in [-0.3, -0.25) is 0 Å². The Morgan fingerprint density at radius 2 is 2.05 bits per heavy atom. The Labute approximate surface area is 118 Å². The lowest BCUT2D eigenvalue weighted by molar-refractivity contribution is 0.0697. The van der Waals surface area contributed by atoms with Crippen molar-refractivity contribution in [2.45, 2.75) is 26.2 Å². The van der Waals surface area contributed by atoms with Gasteiger partial charge in [0.1, 0.15) is 0 Å². The van der Waals surface area contributed by atoms with Crippen LogP contribution in [-0.2, 0) is 0 Å². The summed E-state index contributed by atoms with van der Waals surface area (Å²) in [7, 11) is 0. The first-order valence-electron chi connectivity index (χ1n) is 6.99. The Morgan fingerprint density at radius 1 is 1.35 bits per heavy atom. The van der Waals surface area contributed by atoms with Crippen LogP contribution in [0, 0.1) is 5.92 Å². The monoisotopic (exact) mass is 276 g/mol. The number of hydrogen-bond donors (Lipinski definition) is 2. The molecule has 2 rings (SSSR count). The number of nitrogens with one attached hydrogen (secondary N) is 1. The standard InChI is InChI=1S/C15H20N2O3/c1-2-3-11-8-9-17(10-11)15(20)16-13-6-4-12(5-7-13)14(18)19/h4-7,11H,2-3,8-10H2,1H3,(H,16,20)(H,18,19). The maximum absolute atomic E-state index is 12.1. The lowest BCUT2D eigenvalue weighted by Gasteiger charge is -2.17. The first kappa shape index (κ1) is 14.4. The summed E-state index contributed by atoms with van der Waals surface area (Å²) in [5.41, 5.74) is 0.839. The van der Waals surface area contributed by atoms with Gasteiger partial charge in [0, 0.05) is 18.8 Å². The summed E-state index contributed by atoms with van der Waals surface area (Å²) >= 11 is 0. The minimum atomic E-state index is -0.968. The number of carbonyl (C=O) groups excluding carboxylic acids is 1. The Hall–Kier alpha value is -2.04. The van der Waals surface area contributed by atoms with E-state index in [2.05, 4.69) is 12.2 Å². The van der Waals surface area contributed by atoms with E-state index in [1.54, 1.807) is 12.1 Å². The number of carbonyl (C=O) groups is 2. The van der Waals surface area contributed by atoms with E-state index in [1.807, 2.05) is 4.90 Å². The largest absolute Gasteiger partial charge is 0.478 e. The van der Waals surface area contributed by atoms with Gasteiger partial charge in [-0.1, -0.05) is 13.3 Å². The van der Waals surface area contributed by atoms with Crippen molar-refractivity contribution in [2.75, 3.05) is 18.4 Å². The van der Waals surface area contributed by atoms with Crippen molar-refractivity contribution in [1.29, 1.82) is 0 Å². The second-order valence-electron chi connectivity index (χ2n) is 5.20. The molecule has 5 nitrogen and oxygen atoms in total. The third kappa shape index (κ3) is 3.50. The molecule has 0 aliphatic carbocycles. The van der Waals surface area contributed by atoms with E-state index in [1.165, 1.54) is 12.1 Å². The van der Waals surface area contributed by atoms with E-state index < -0.39 is 5.97 Å². The van der Waals surface area contributed by atoms with Crippen LogP contribution in [-0.4, -0.2) is 35.1 Å². The fourth-order valence-electron chi connectivity index (χ4n) is 2.56. The molecule has 1 saturated heterocycles. The molecule has 2 N–H and O–H groups in total. The van der Waals surface area contributed by atoms with Crippen molar-refractivity contribution < 1.29 is 14.7 Å². The highest BCUT2D eigenvalue weighted by molar-refractivity contribution is 5.91. The zero-order chi connectivity index (χ0) is 14.5. The Kier molecular flexibility index (Phi) is 4.61. The Bertz CT molecular complexity index is 484. The zero-order valence-electron chi connectivity index (χ0n) is 11.6. The Balaban J connectivity index is 1.90. The number of benzene rings is 1. The minimum absolute atomic E-state index is 0.105. The first-order valence-corrected chi connectivity index (χ1v) is 6.99. The molecule has 0 spiro atoms. The number of amides is 2. The van der Waals surface area contributed by atoms with Gasteiger partial charge in [-0.05, 0) is 43.0 Å². The number of carboxylic acids is 1. The van der Waals surface area contributed by atoms with Gasteiger partial charge in [-0.2, -0.15) is 0 Å². The third-order valence-corrected chi connectivity index (χ3v) is 3.65. The van der Waals surface area contributed by atoms with E-state index in [9.17, 15) is 9.59 Å². The van der Waals surface area contributed by atoms with Gasteiger partial charge >= 0.3 is 12.0 Å². The second-order valence-corrected chi connectivity index (χ2v) is 5.20. The van der Waals surface area contributed by atoms with E-state index >= 15 is 0 Å². The molecule has 1 fully saturated rings. The molecular weight excluding hydrogens is 256 g/mol. The molecular formula is C15H20N2O3. The van der Waals surface area contributed by atoms with Gasteiger partial charge in [-0.25, -0.2) is 9.59 Å². The Morgan fingerprint density at radius 3 is 2.65 bits per heavy atom. The maximum Gasteiger partial charge on any atom is 0.335 e. The van der Waals surface area contributed by atoms with Crippen molar-refractivity contribution in [3.05, 3.63) is 29.8 Å². The summed E-state index contributed by atoms with van der Waals surface area (Å²) in [4.78, 5) is 24.7. The number of nitrogens with zero attached hydrogens (tertiary/aromatic N) is 1. The number of likely N-dealkylation sites (tertiary alicyclic amines) is 1. The van der Waals surface area contributed by atoms with Gasteiger partial charge in [0.25, 0.3) is 0 Å². The normalized spacial score (nSPS) is 18.1. The predicted molar refractivity (Wildman–Crippen MR) is 77.0 cm³/mol. The number of carboxylic acid groups (broad SMARTS) is 1. The number of anilines is 1. The number of urea groups is 1. The van der Waals surface area contributed by atoms with Crippen LogP contribution in [0.2, 0.25) is 0 Å². The predicted octanol–water partition coefficient (Wildman–Crippen LogP) is 3.04. The second kappa shape index (κ2) is 6.41. The molecule has 1 atom stereocenters. The quantitative estimate of drug-likeness (QED) is 0.888. The molecule has 5 heteroatoms. The number of aromatic carboxylic acids is 1. The van der Waals surface area contributed by atoms with Crippen LogP contribution in [0.1, 0.15) is 36.5 Å². The average Bonchev–Trinajstić information content (AvgIpc) is 2.88. The molecule has 0 bridgehead atoms. The van der Waals surface area contributed by atoms with Gasteiger partial charge in [-0.15, -0.1) is 0 Å². The molecule has 1 aliphatic heterocycles. The van der Waals surface area contributed by atoms with Crippen molar-refractivity contribution in [2.24, 2.45) is 5.92 Å². The molecule has 1 unspecified atom stereocenters. The van der Waals surface area contributed by atoms with E-state index in [0.29, 0.717) is 11.6 Å². The molecule has 2 amide bonds. The minimum Gasteiger partial charge on any atom is -0.478 e. The van der Waals surface area contributed by atoms with Crippen molar-refractivity contribution in [3.63, 3.8) is 0 Å². The maximum atomic E-state index is 12.1. The van der Waals surface area contributed by atoms with Gasteiger partial charge < -0.3 is 15.3 Å². The lowest BCUT2D eigenvalue weighted by Crippen LogP contribution is -2.32. The highest BCUT2D eigenvalue weighted by atomic mass is 16.4. The summed E-state index contributed by atoms with van der Waals surface area (Å²) in [6.45, 7) is 3.77. The number of hydrogen-bond acceptors (Lipinski definition) is 2. The van der Waals surface area contributed by atoms with Crippen LogP contribution < -0.4 is 5.32 Å². The van der Waals surface area contributed by atoms with E-state index in [0.717, 1.165) is 32.4 Å². The summed E-state index contributed by atoms with van der Waals surface area (Å²) in [5, 5.41) is 11.6. The van der Waals surface area contributed by atoms with Crippen LogP contribution in [0.4, 0.5) is 10.5 Å². The molecule has 0 radical (unpaired) electrons. The lowest BCUT2D eigenvalue weighted by atomic mass is 10.0.